The first-order valence-corrected chi connectivity index (χ1v) is 9.48. The van der Waals surface area contributed by atoms with Crippen LogP contribution in [0.15, 0.2) is 67.0 Å². The summed E-state index contributed by atoms with van der Waals surface area (Å²) in [6.45, 7) is 2.11. The molecule has 3 aromatic rings. The number of halogens is 1. The van der Waals surface area contributed by atoms with E-state index in [0.29, 0.717) is 18.8 Å². The Labute approximate surface area is 176 Å². The van der Waals surface area contributed by atoms with Gasteiger partial charge in [0, 0.05) is 44.6 Å². The summed E-state index contributed by atoms with van der Waals surface area (Å²) in [7, 11) is 1.95. The Morgan fingerprint density at radius 1 is 1.17 bits per heavy atom. The van der Waals surface area contributed by atoms with Crippen LogP contribution >= 0.6 is 12.4 Å². The highest BCUT2D eigenvalue weighted by atomic mass is 35.5. The summed E-state index contributed by atoms with van der Waals surface area (Å²) in [5.41, 5.74) is 2.05. The highest BCUT2D eigenvalue weighted by Gasteiger charge is 2.30. The number of para-hydroxylation sites is 1. The maximum absolute atomic E-state index is 13.0. The summed E-state index contributed by atoms with van der Waals surface area (Å²) < 4.78 is 7.93. The second kappa shape index (κ2) is 9.58. The fourth-order valence-electron chi connectivity index (χ4n) is 3.60. The molecule has 0 radical (unpaired) electrons. The van der Waals surface area contributed by atoms with Crippen LogP contribution in [0.2, 0.25) is 0 Å². The van der Waals surface area contributed by atoms with E-state index in [0.717, 1.165) is 23.5 Å². The van der Waals surface area contributed by atoms with E-state index in [1.807, 2.05) is 77.3 Å². The third-order valence-corrected chi connectivity index (χ3v) is 5.04. The molecule has 2 aromatic carbocycles. The van der Waals surface area contributed by atoms with Gasteiger partial charge in [0.2, 0.25) is 0 Å². The second-order valence-electron chi connectivity index (χ2n) is 6.85. The van der Waals surface area contributed by atoms with Crippen LogP contribution in [0.4, 0.5) is 0 Å². The van der Waals surface area contributed by atoms with Crippen molar-refractivity contribution in [3.8, 4) is 16.9 Å². The average Bonchev–Trinajstić information content (AvgIpc) is 3.18. The molecule has 1 N–H and O–H groups in total. The molecule has 152 valence electrons. The second-order valence-corrected chi connectivity index (χ2v) is 6.85. The van der Waals surface area contributed by atoms with Gasteiger partial charge in [0.15, 0.2) is 6.61 Å². The van der Waals surface area contributed by atoms with Crippen LogP contribution in [0.5, 0.6) is 5.75 Å². The number of aromatic nitrogens is 2. The standard InChI is InChI=1S/C22H24N4O2.ClH/c1-25-13-12-24-22(25)19-15-23-11-14-26(19)21(27)16-28-20-10-6-5-9-18(20)17-7-3-2-4-8-17;/h2-10,12-13,19,23H,11,14-16H2,1H3;1H. The number of rotatable bonds is 5. The Morgan fingerprint density at radius 2 is 1.93 bits per heavy atom. The number of benzene rings is 2. The highest BCUT2D eigenvalue weighted by molar-refractivity contribution is 5.85. The van der Waals surface area contributed by atoms with Crippen molar-refractivity contribution in [2.24, 2.45) is 7.05 Å². The van der Waals surface area contributed by atoms with Crippen molar-refractivity contribution in [1.82, 2.24) is 19.8 Å². The van der Waals surface area contributed by atoms with Gasteiger partial charge in [0.25, 0.3) is 5.91 Å². The van der Waals surface area contributed by atoms with Crippen molar-refractivity contribution < 1.29 is 9.53 Å². The molecule has 0 saturated carbocycles. The number of aryl methyl sites for hydroxylation is 1. The normalized spacial score (nSPS) is 16.2. The lowest BCUT2D eigenvalue weighted by molar-refractivity contribution is -0.137. The molecule has 1 aliphatic heterocycles. The Balaban J connectivity index is 0.00000240. The molecule has 1 aromatic heterocycles. The predicted molar refractivity (Wildman–Crippen MR) is 115 cm³/mol. The van der Waals surface area contributed by atoms with Gasteiger partial charge >= 0.3 is 0 Å². The number of carbonyl (C=O) groups is 1. The van der Waals surface area contributed by atoms with Gasteiger partial charge in [0.1, 0.15) is 17.6 Å². The molecule has 1 aliphatic rings. The molecule has 1 saturated heterocycles. The van der Waals surface area contributed by atoms with Crippen LogP contribution in [0.25, 0.3) is 11.1 Å². The van der Waals surface area contributed by atoms with E-state index in [2.05, 4.69) is 10.3 Å². The summed E-state index contributed by atoms with van der Waals surface area (Å²) in [5, 5.41) is 3.35. The lowest BCUT2D eigenvalue weighted by Crippen LogP contribution is -2.50. The summed E-state index contributed by atoms with van der Waals surface area (Å²) in [6, 6.07) is 17.8. The van der Waals surface area contributed by atoms with E-state index in [1.54, 1.807) is 6.20 Å². The third kappa shape index (κ3) is 4.60. The molecular weight excluding hydrogens is 388 g/mol. The van der Waals surface area contributed by atoms with Crippen molar-refractivity contribution in [2.45, 2.75) is 6.04 Å². The first kappa shape index (κ1) is 20.9. The van der Waals surface area contributed by atoms with E-state index >= 15 is 0 Å². The zero-order valence-electron chi connectivity index (χ0n) is 16.3. The molecule has 29 heavy (non-hydrogen) atoms. The maximum atomic E-state index is 13.0. The molecule has 1 fully saturated rings. The number of hydrogen-bond donors (Lipinski definition) is 1. The molecule has 0 bridgehead atoms. The summed E-state index contributed by atoms with van der Waals surface area (Å²) in [6.07, 6.45) is 3.67. The minimum atomic E-state index is -0.0887. The van der Waals surface area contributed by atoms with Crippen molar-refractivity contribution >= 4 is 18.3 Å². The topological polar surface area (TPSA) is 59.4 Å². The third-order valence-electron chi connectivity index (χ3n) is 5.04. The van der Waals surface area contributed by atoms with Gasteiger partial charge in [-0.2, -0.15) is 0 Å². The minimum Gasteiger partial charge on any atom is -0.483 e. The number of imidazole rings is 1. The molecule has 0 spiro atoms. The molecule has 1 amide bonds. The predicted octanol–water partition coefficient (Wildman–Crippen LogP) is 3.06. The van der Waals surface area contributed by atoms with E-state index in [4.69, 9.17) is 4.74 Å². The molecule has 1 unspecified atom stereocenters. The number of carbonyl (C=O) groups excluding carboxylic acids is 1. The lowest BCUT2D eigenvalue weighted by Gasteiger charge is -2.35. The highest BCUT2D eigenvalue weighted by Crippen LogP contribution is 2.30. The Hall–Kier alpha value is -2.83. The van der Waals surface area contributed by atoms with Gasteiger partial charge in [-0.15, -0.1) is 12.4 Å². The number of nitrogens with one attached hydrogen (secondary N) is 1. The van der Waals surface area contributed by atoms with Gasteiger partial charge in [-0.25, -0.2) is 4.98 Å². The van der Waals surface area contributed by atoms with E-state index in [9.17, 15) is 4.79 Å². The summed E-state index contributed by atoms with van der Waals surface area (Å²) in [4.78, 5) is 19.3. The monoisotopic (exact) mass is 412 g/mol. The average molecular weight is 413 g/mol. The van der Waals surface area contributed by atoms with Gasteiger partial charge in [-0.05, 0) is 11.6 Å². The molecule has 0 aliphatic carbocycles. The van der Waals surface area contributed by atoms with Crippen LogP contribution in [0.1, 0.15) is 11.9 Å². The molecule has 1 atom stereocenters. The van der Waals surface area contributed by atoms with E-state index in [1.165, 1.54) is 0 Å². The molecule has 6 nitrogen and oxygen atoms in total. The quantitative estimate of drug-likeness (QED) is 0.699. The van der Waals surface area contributed by atoms with Crippen LogP contribution in [0, 0.1) is 0 Å². The fourth-order valence-corrected chi connectivity index (χ4v) is 3.60. The SMILES string of the molecule is Cl.Cn1ccnc1C1CNCCN1C(=O)COc1ccccc1-c1ccccc1. The molecule has 2 heterocycles. The van der Waals surface area contributed by atoms with Gasteiger partial charge in [0.05, 0.1) is 0 Å². The molecule has 4 rings (SSSR count). The zero-order chi connectivity index (χ0) is 19.3. The number of amides is 1. The van der Waals surface area contributed by atoms with Gasteiger partial charge < -0.3 is 19.5 Å². The van der Waals surface area contributed by atoms with Crippen LogP contribution in [-0.4, -0.2) is 46.6 Å². The van der Waals surface area contributed by atoms with Crippen molar-refractivity contribution in [3.05, 3.63) is 72.8 Å². The zero-order valence-corrected chi connectivity index (χ0v) is 17.1. The first-order valence-electron chi connectivity index (χ1n) is 9.48. The first-order chi connectivity index (χ1) is 13.7. The van der Waals surface area contributed by atoms with Crippen molar-refractivity contribution in [3.63, 3.8) is 0 Å². The van der Waals surface area contributed by atoms with Crippen molar-refractivity contribution in [2.75, 3.05) is 26.2 Å². The Morgan fingerprint density at radius 3 is 2.69 bits per heavy atom. The maximum Gasteiger partial charge on any atom is 0.261 e. The fraction of sp³-hybridized carbons (Fsp3) is 0.273. The minimum absolute atomic E-state index is 0. The number of ether oxygens (including phenoxy) is 1. The Bertz CT molecular complexity index is 945. The van der Waals surface area contributed by atoms with Crippen LogP contribution < -0.4 is 10.1 Å². The van der Waals surface area contributed by atoms with E-state index < -0.39 is 0 Å². The number of nitrogens with zero attached hydrogens (tertiary/aromatic N) is 3. The summed E-state index contributed by atoms with van der Waals surface area (Å²) in [5.74, 6) is 1.56. The van der Waals surface area contributed by atoms with Crippen molar-refractivity contribution in [1.29, 1.82) is 0 Å². The summed E-state index contributed by atoms with van der Waals surface area (Å²) >= 11 is 0. The smallest absolute Gasteiger partial charge is 0.261 e. The van der Waals surface area contributed by atoms with Gasteiger partial charge in [-0.1, -0.05) is 48.5 Å². The van der Waals surface area contributed by atoms with Crippen LogP contribution in [-0.2, 0) is 11.8 Å². The Kier molecular flexibility index (Phi) is 6.90. The van der Waals surface area contributed by atoms with Gasteiger partial charge in [-0.3, -0.25) is 4.79 Å². The largest absolute Gasteiger partial charge is 0.483 e. The molecular formula is C22H25ClN4O2. The number of hydrogen-bond acceptors (Lipinski definition) is 4. The lowest BCUT2D eigenvalue weighted by atomic mass is 10.1. The molecule has 7 heteroatoms. The number of piperazine rings is 1. The van der Waals surface area contributed by atoms with Crippen LogP contribution in [0.3, 0.4) is 0 Å². The van der Waals surface area contributed by atoms with E-state index in [-0.39, 0.29) is 31.0 Å².